The van der Waals surface area contributed by atoms with Crippen LogP contribution in [0.3, 0.4) is 0 Å². The van der Waals surface area contributed by atoms with Crippen LogP contribution in [-0.4, -0.2) is 12.6 Å². The molecule has 2 rings (SSSR count). The van der Waals surface area contributed by atoms with Crippen molar-refractivity contribution in [3.8, 4) is 0 Å². The van der Waals surface area contributed by atoms with E-state index in [9.17, 15) is 0 Å². The van der Waals surface area contributed by atoms with Crippen molar-refractivity contribution >= 4 is 17.3 Å². The van der Waals surface area contributed by atoms with Crippen molar-refractivity contribution in [1.29, 1.82) is 0 Å². The molecule has 1 heterocycles. The number of hydrogen-bond acceptors (Lipinski definition) is 2. The van der Waals surface area contributed by atoms with Crippen LogP contribution in [0.15, 0.2) is 24.3 Å². The molecule has 14 heavy (non-hydrogen) atoms. The predicted molar refractivity (Wildman–Crippen MR) is 58.6 cm³/mol. The van der Waals surface area contributed by atoms with E-state index in [2.05, 4.69) is 6.92 Å². The fourth-order valence-electron chi connectivity index (χ4n) is 1.70. The zero-order valence-corrected chi connectivity index (χ0v) is 9.00. The minimum absolute atomic E-state index is 0.449. The van der Waals surface area contributed by atoms with E-state index in [4.69, 9.17) is 16.4 Å². The van der Waals surface area contributed by atoms with Gasteiger partial charge in [-0.2, -0.15) is 0 Å². The van der Waals surface area contributed by atoms with Crippen molar-refractivity contribution in [2.45, 2.75) is 25.8 Å². The summed E-state index contributed by atoms with van der Waals surface area (Å²) in [5.74, 6) is 0. The van der Waals surface area contributed by atoms with Gasteiger partial charge in [0.25, 0.3) is 0 Å². The Balaban J connectivity index is 2.16. The molecule has 2 nitrogen and oxygen atoms in total. The molecule has 1 saturated heterocycles. The van der Waals surface area contributed by atoms with Crippen LogP contribution in [0.1, 0.15) is 19.8 Å². The molecule has 1 aromatic carbocycles. The molecule has 1 unspecified atom stereocenters. The maximum Gasteiger partial charge on any atom is 0.0749 e. The standard InChI is InChI=1S/C11H14ClNO/c1-9-3-2-8-14-13(9)11-6-4-10(12)5-7-11/h4-7,9H,2-3,8H2,1H3. The van der Waals surface area contributed by atoms with E-state index >= 15 is 0 Å². The van der Waals surface area contributed by atoms with E-state index in [1.807, 2.05) is 29.3 Å². The first-order valence-corrected chi connectivity index (χ1v) is 5.33. The van der Waals surface area contributed by atoms with Gasteiger partial charge in [0.2, 0.25) is 0 Å². The second-order valence-corrected chi connectivity index (χ2v) is 4.06. The van der Waals surface area contributed by atoms with Gasteiger partial charge < -0.3 is 0 Å². The third kappa shape index (κ3) is 2.02. The first-order valence-electron chi connectivity index (χ1n) is 4.95. The molecular weight excluding hydrogens is 198 g/mol. The van der Waals surface area contributed by atoms with Crippen molar-refractivity contribution in [3.63, 3.8) is 0 Å². The molecule has 1 fully saturated rings. The third-order valence-corrected chi connectivity index (χ3v) is 2.73. The normalized spacial score (nSPS) is 22.4. The Bertz CT molecular complexity index is 299. The molecule has 76 valence electrons. The van der Waals surface area contributed by atoms with Crippen LogP contribution in [-0.2, 0) is 4.84 Å². The van der Waals surface area contributed by atoms with Crippen molar-refractivity contribution in [2.24, 2.45) is 0 Å². The van der Waals surface area contributed by atoms with Gasteiger partial charge in [-0.1, -0.05) is 11.6 Å². The van der Waals surface area contributed by atoms with Crippen LogP contribution in [0.5, 0.6) is 0 Å². The van der Waals surface area contributed by atoms with Crippen molar-refractivity contribution < 1.29 is 4.84 Å². The van der Waals surface area contributed by atoms with Gasteiger partial charge in [-0.05, 0) is 44.0 Å². The van der Waals surface area contributed by atoms with Gasteiger partial charge >= 0.3 is 0 Å². The van der Waals surface area contributed by atoms with Crippen LogP contribution < -0.4 is 5.06 Å². The van der Waals surface area contributed by atoms with Crippen LogP contribution in [0.2, 0.25) is 5.02 Å². The summed E-state index contributed by atoms with van der Waals surface area (Å²) in [4.78, 5) is 5.61. The summed E-state index contributed by atoms with van der Waals surface area (Å²) in [5, 5.41) is 2.73. The third-order valence-electron chi connectivity index (χ3n) is 2.48. The number of benzene rings is 1. The Morgan fingerprint density at radius 1 is 1.36 bits per heavy atom. The van der Waals surface area contributed by atoms with Crippen molar-refractivity contribution in [3.05, 3.63) is 29.3 Å². The van der Waals surface area contributed by atoms with E-state index < -0.39 is 0 Å². The van der Waals surface area contributed by atoms with Crippen molar-refractivity contribution in [1.82, 2.24) is 0 Å². The Morgan fingerprint density at radius 2 is 2.07 bits per heavy atom. The first-order chi connectivity index (χ1) is 6.77. The number of nitrogens with zero attached hydrogens (tertiary/aromatic N) is 1. The topological polar surface area (TPSA) is 12.5 Å². The molecule has 1 aliphatic rings. The summed E-state index contributed by atoms with van der Waals surface area (Å²) in [6, 6.07) is 8.21. The summed E-state index contributed by atoms with van der Waals surface area (Å²) in [7, 11) is 0. The van der Waals surface area contributed by atoms with E-state index in [0.717, 1.165) is 23.7 Å². The Labute approximate surface area is 89.4 Å². The number of anilines is 1. The molecule has 0 spiro atoms. The lowest BCUT2D eigenvalue weighted by atomic mass is 10.1. The average Bonchev–Trinajstić information content (AvgIpc) is 2.20. The van der Waals surface area contributed by atoms with E-state index in [1.165, 1.54) is 6.42 Å². The van der Waals surface area contributed by atoms with E-state index in [-0.39, 0.29) is 0 Å². The van der Waals surface area contributed by atoms with Gasteiger partial charge in [-0.15, -0.1) is 0 Å². The highest BCUT2D eigenvalue weighted by Gasteiger charge is 2.19. The molecular formula is C11H14ClNO. The summed E-state index contributed by atoms with van der Waals surface area (Å²) < 4.78 is 0. The Hall–Kier alpha value is -0.730. The zero-order valence-electron chi connectivity index (χ0n) is 8.24. The quantitative estimate of drug-likeness (QED) is 0.707. The number of rotatable bonds is 1. The molecule has 3 heteroatoms. The maximum atomic E-state index is 5.83. The lowest BCUT2D eigenvalue weighted by Gasteiger charge is -2.34. The number of halogens is 1. The molecule has 0 aliphatic carbocycles. The molecule has 1 aliphatic heterocycles. The molecule has 0 aromatic heterocycles. The number of hydroxylamine groups is 1. The van der Waals surface area contributed by atoms with Crippen LogP contribution in [0.25, 0.3) is 0 Å². The monoisotopic (exact) mass is 211 g/mol. The largest absolute Gasteiger partial charge is 0.273 e. The molecule has 1 atom stereocenters. The molecule has 0 bridgehead atoms. The molecule has 0 N–H and O–H groups in total. The summed E-state index contributed by atoms with van der Waals surface area (Å²) in [6.45, 7) is 2.99. The highest BCUT2D eigenvalue weighted by atomic mass is 35.5. The lowest BCUT2D eigenvalue weighted by molar-refractivity contribution is 0.0533. The molecule has 0 amide bonds. The highest BCUT2D eigenvalue weighted by Crippen LogP contribution is 2.24. The Kier molecular flexibility index (Phi) is 2.94. The molecule has 0 radical (unpaired) electrons. The zero-order chi connectivity index (χ0) is 9.97. The van der Waals surface area contributed by atoms with Gasteiger partial charge in [0.1, 0.15) is 0 Å². The fraction of sp³-hybridized carbons (Fsp3) is 0.455. The fourth-order valence-corrected chi connectivity index (χ4v) is 1.83. The van der Waals surface area contributed by atoms with Gasteiger partial charge in [0, 0.05) is 5.02 Å². The Morgan fingerprint density at radius 3 is 2.71 bits per heavy atom. The van der Waals surface area contributed by atoms with Crippen LogP contribution in [0, 0.1) is 0 Å². The van der Waals surface area contributed by atoms with Gasteiger partial charge in [-0.25, -0.2) is 0 Å². The minimum atomic E-state index is 0.449. The van der Waals surface area contributed by atoms with Gasteiger partial charge in [0.15, 0.2) is 0 Å². The van der Waals surface area contributed by atoms with Crippen molar-refractivity contribution in [2.75, 3.05) is 11.7 Å². The minimum Gasteiger partial charge on any atom is -0.273 e. The molecule has 0 saturated carbocycles. The summed E-state index contributed by atoms with van der Waals surface area (Å²) >= 11 is 5.83. The highest BCUT2D eigenvalue weighted by molar-refractivity contribution is 6.30. The van der Waals surface area contributed by atoms with E-state index in [1.54, 1.807) is 0 Å². The SMILES string of the molecule is CC1CCCON1c1ccc(Cl)cc1. The molecule has 1 aromatic rings. The first kappa shape index (κ1) is 9.81. The maximum absolute atomic E-state index is 5.83. The average molecular weight is 212 g/mol. The van der Waals surface area contributed by atoms with Gasteiger partial charge in [-0.3, -0.25) is 9.90 Å². The van der Waals surface area contributed by atoms with Crippen LogP contribution in [0.4, 0.5) is 5.69 Å². The van der Waals surface area contributed by atoms with Crippen LogP contribution >= 0.6 is 11.6 Å². The smallest absolute Gasteiger partial charge is 0.0749 e. The predicted octanol–water partition coefficient (Wildman–Crippen LogP) is 3.26. The lowest BCUT2D eigenvalue weighted by Crippen LogP contribution is -2.37. The van der Waals surface area contributed by atoms with Gasteiger partial charge in [0.05, 0.1) is 18.3 Å². The summed E-state index contributed by atoms with van der Waals surface area (Å²) in [6.07, 6.45) is 2.33. The summed E-state index contributed by atoms with van der Waals surface area (Å²) in [5.41, 5.74) is 1.08. The second-order valence-electron chi connectivity index (χ2n) is 3.63. The second kappa shape index (κ2) is 4.20. The van der Waals surface area contributed by atoms with E-state index in [0.29, 0.717) is 6.04 Å². The number of hydrogen-bond donors (Lipinski definition) is 0.